The van der Waals surface area contributed by atoms with Crippen molar-refractivity contribution in [3.05, 3.63) is 40.9 Å². The second-order valence-corrected chi connectivity index (χ2v) is 7.59. The Balaban J connectivity index is 1.41. The number of fused-ring (bicyclic) bond motifs is 3. The fourth-order valence-corrected chi connectivity index (χ4v) is 4.17. The van der Waals surface area contributed by atoms with Gasteiger partial charge in [0, 0.05) is 18.0 Å². The van der Waals surface area contributed by atoms with Gasteiger partial charge in [-0.05, 0) is 31.9 Å². The molecule has 3 aromatic rings. The van der Waals surface area contributed by atoms with E-state index in [-0.39, 0.29) is 30.7 Å². The summed E-state index contributed by atoms with van der Waals surface area (Å²) in [5.74, 6) is -0.863. The Morgan fingerprint density at radius 3 is 2.77 bits per heavy atom. The van der Waals surface area contributed by atoms with Crippen LogP contribution in [0.5, 0.6) is 0 Å². The summed E-state index contributed by atoms with van der Waals surface area (Å²) >= 11 is 0. The summed E-state index contributed by atoms with van der Waals surface area (Å²) in [5.41, 5.74) is 0.653. The standard InChI is InChI=1S/C22H25N3O5/c1-2-25(15-8-4-3-5-9-15)18(26)13-29-19(27)12-24-14-23-20-16-10-6-7-11-17(16)30-21(20)22(24)28/h6-7,10-11,14-15H,2-5,8-9,12-13H2,1H3. The summed E-state index contributed by atoms with van der Waals surface area (Å²) in [7, 11) is 0. The number of ether oxygens (including phenoxy) is 1. The third-order valence-corrected chi connectivity index (χ3v) is 5.68. The van der Waals surface area contributed by atoms with E-state index in [4.69, 9.17) is 9.15 Å². The number of carbonyl (C=O) groups excluding carboxylic acids is 2. The molecule has 1 aliphatic rings. The lowest BCUT2D eigenvalue weighted by Gasteiger charge is -2.33. The fourth-order valence-electron chi connectivity index (χ4n) is 4.17. The van der Waals surface area contributed by atoms with E-state index in [1.165, 1.54) is 12.7 Å². The fraction of sp³-hybridized carbons (Fsp3) is 0.455. The van der Waals surface area contributed by atoms with E-state index in [0.717, 1.165) is 35.6 Å². The van der Waals surface area contributed by atoms with Crippen molar-refractivity contribution in [2.45, 2.75) is 51.6 Å². The number of benzene rings is 1. The molecule has 0 saturated heterocycles. The van der Waals surface area contributed by atoms with Crippen LogP contribution in [0.15, 0.2) is 39.8 Å². The van der Waals surface area contributed by atoms with Crippen LogP contribution in [-0.2, 0) is 20.9 Å². The molecule has 8 heteroatoms. The van der Waals surface area contributed by atoms with Crippen LogP contribution < -0.4 is 5.56 Å². The van der Waals surface area contributed by atoms with Crippen molar-refractivity contribution in [3.63, 3.8) is 0 Å². The quantitative estimate of drug-likeness (QED) is 0.579. The molecular weight excluding hydrogens is 386 g/mol. The van der Waals surface area contributed by atoms with Crippen LogP contribution in [-0.4, -0.2) is 45.5 Å². The molecule has 1 aliphatic carbocycles. The Labute approximate surface area is 173 Å². The molecule has 0 spiro atoms. The molecule has 0 atom stereocenters. The Kier molecular flexibility index (Phi) is 5.83. The Morgan fingerprint density at radius 1 is 1.23 bits per heavy atom. The van der Waals surface area contributed by atoms with Gasteiger partial charge in [-0.15, -0.1) is 0 Å². The third-order valence-electron chi connectivity index (χ3n) is 5.68. The number of aromatic nitrogens is 2. The third kappa shape index (κ3) is 3.94. The number of amides is 1. The van der Waals surface area contributed by atoms with Crippen molar-refractivity contribution < 1.29 is 18.7 Å². The van der Waals surface area contributed by atoms with Crippen LogP contribution >= 0.6 is 0 Å². The molecule has 0 bridgehead atoms. The first kappa shape index (κ1) is 20.1. The highest BCUT2D eigenvalue weighted by molar-refractivity contribution is 6.01. The number of rotatable bonds is 6. The first-order chi connectivity index (χ1) is 14.6. The Bertz CT molecular complexity index is 1130. The smallest absolute Gasteiger partial charge is 0.326 e. The maximum absolute atomic E-state index is 12.7. The van der Waals surface area contributed by atoms with Crippen LogP contribution in [0.2, 0.25) is 0 Å². The van der Waals surface area contributed by atoms with Gasteiger partial charge in [-0.25, -0.2) is 4.98 Å². The molecule has 2 aromatic heterocycles. The van der Waals surface area contributed by atoms with E-state index in [9.17, 15) is 14.4 Å². The molecular formula is C22H25N3O5. The second kappa shape index (κ2) is 8.69. The Hall–Kier alpha value is -3.16. The van der Waals surface area contributed by atoms with E-state index < -0.39 is 11.5 Å². The van der Waals surface area contributed by atoms with E-state index in [1.807, 2.05) is 25.1 Å². The van der Waals surface area contributed by atoms with Crippen molar-refractivity contribution in [1.82, 2.24) is 14.5 Å². The van der Waals surface area contributed by atoms with Gasteiger partial charge in [0.2, 0.25) is 5.58 Å². The minimum Gasteiger partial charge on any atom is -0.454 e. The number of furan rings is 1. The summed E-state index contributed by atoms with van der Waals surface area (Å²) in [6.45, 7) is 1.87. The zero-order chi connectivity index (χ0) is 21.1. The van der Waals surface area contributed by atoms with Crippen LogP contribution in [0.3, 0.4) is 0 Å². The Morgan fingerprint density at radius 2 is 2.00 bits per heavy atom. The second-order valence-electron chi connectivity index (χ2n) is 7.59. The SMILES string of the molecule is CCN(C(=O)COC(=O)Cn1cnc2c(oc3ccccc32)c1=O)C1CCCCC1. The summed E-state index contributed by atoms with van der Waals surface area (Å²) in [5, 5.41) is 0.743. The number of hydrogen-bond donors (Lipinski definition) is 0. The highest BCUT2D eigenvalue weighted by atomic mass is 16.5. The normalized spacial score (nSPS) is 14.8. The number of hydrogen-bond acceptors (Lipinski definition) is 6. The lowest BCUT2D eigenvalue weighted by molar-refractivity contribution is -0.153. The van der Waals surface area contributed by atoms with Gasteiger partial charge in [-0.3, -0.25) is 19.0 Å². The molecule has 1 fully saturated rings. The lowest BCUT2D eigenvalue weighted by Crippen LogP contribution is -2.43. The van der Waals surface area contributed by atoms with Gasteiger partial charge in [-0.1, -0.05) is 31.4 Å². The highest BCUT2D eigenvalue weighted by Crippen LogP contribution is 2.24. The molecule has 0 radical (unpaired) electrons. The predicted octanol–water partition coefficient (Wildman–Crippen LogP) is 2.87. The first-order valence-electron chi connectivity index (χ1n) is 10.4. The average molecular weight is 411 g/mol. The van der Waals surface area contributed by atoms with Crippen LogP contribution in [0.25, 0.3) is 22.1 Å². The zero-order valence-electron chi connectivity index (χ0n) is 17.0. The zero-order valence-corrected chi connectivity index (χ0v) is 17.0. The van der Waals surface area contributed by atoms with Crippen LogP contribution in [0.1, 0.15) is 39.0 Å². The van der Waals surface area contributed by atoms with E-state index >= 15 is 0 Å². The average Bonchev–Trinajstić information content (AvgIpc) is 3.15. The largest absolute Gasteiger partial charge is 0.454 e. The van der Waals surface area contributed by atoms with Crippen molar-refractivity contribution in [3.8, 4) is 0 Å². The van der Waals surface area contributed by atoms with Crippen molar-refractivity contribution in [2.75, 3.05) is 13.2 Å². The van der Waals surface area contributed by atoms with Gasteiger partial charge in [-0.2, -0.15) is 0 Å². The number of likely N-dealkylation sites (N-methyl/N-ethyl adjacent to an activating group) is 1. The molecule has 2 heterocycles. The molecule has 0 N–H and O–H groups in total. The number of esters is 1. The molecule has 30 heavy (non-hydrogen) atoms. The topological polar surface area (TPSA) is 94.6 Å². The molecule has 1 saturated carbocycles. The van der Waals surface area contributed by atoms with Gasteiger partial charge in [0.15, 0.2) is 6.61 Å². The molecule has 0 aliphatic heterocycles. The monoisotopic (exact) mass is 411 g/mol. The predicted molar refractivity (Wildman–Crippen MR) is 111 cm³/mol. The van der Waals surface area contributed by atoms with Crippen molar-refractivity contribution in [1.29, 1.82) is 0 Å². The van der Waals surface area contributed by atoms with Gasteiger partial charge >= 0.3 is 5.97 Å². The summed E-state index contributed by atoms with van der Waals surface area (Å²) < 4.78 is 11.9. The summed E-state index contributed by atoms with van der Waals surface area (Å²) in [4.78, 5) is 43.5. The van der Waals surface area contributed by atoms with Gasteiger partial charge in [0.05, 0.1) is 6.33 Å². The van der Waals surface area contributed by atoms with Crippen LogP contribution in [0, 0.1) is 0 Å². The number of carbonyl (C=O) groups is 2. The molecule has 0 unspecified atom stereocenters. The van der Waals surface area contributed by atoms with Crippen LogP contribution in [0.4, 0.5) is 0 Å². The van der Waals surface area contributed by atoms with Gasteiger partial charge in [0.1, 0.15) is 17.6 Å². The number of nitrogens with zero attached hydrogens (tertiary/aromatic N) is 3. The summed E-state index contributed by atoms with van der Waals surface area (Å²) in [6.07, 6.45) is 6.73. The van der Waals surface area contributed by atoms with Gasteiger partial charge < -0.3 is 14.1 Å². The molecule has 4 rings (SSSR count). The van der Waals surface area contributed by atoms with E-state index in [1.54, 1.807) is 11.0 Å². The van der Waals surface area contributed by atoms with Crippen molar-refractivity contribution in [2.24, 2.45) is 0 Å². The molecule has 158 valence electrons. The highest BCUT2D eigenvalue weighted by Gasteiger charge is 2.25. The van der Waals surface area contributed by atoms with Crippen molar-refractivity contribution >= 4 is 33.9 Å². The molecule has 1 amide bonds. The van der Waals surface area contributed by atoms with Gasteiger partial charge in [0.25, 0.3) is 11.5 Å². The van der Waals surface area contributed by atoms with E-state index in [2.05, 4.69) is 4.98 Å². The number of para-hydroxylation sites is 1. The lowest BCUT2D eigenvalue weighted by atomic mass is 9.94. The minimum absolute atomic E-state index is 0.0945. The first-order valence-corrected chi connectivity index (χ1v) is 10.4. The summed E-state index contributed by atoms with van der Waals surface area (Å²) in [6, 6.07) is 7.45. The maximum Gasteiger partial charge on any atom is 0.326 e. The molecule has 1 aromatic carbocycles. The maximum atomic E-state index is 12.7. The minimum atomic E-state index is -0.664. The molecule has 8 nitrogen and oxygen atoms in total. The van der Waals surface area contributed by atoms with E-state index in [0.29, 0.717) is 17.6 Å².